The molecule has 130 valence electrons. The van der Waals surface area contributed by atoms with E-state index in [0.717, 1.165) is 25.7 Å². The molecule has 2 aliphatic rings. The minimum absolute atomic E-state index is 0.100. The summed E-state index contributed by atoms with van der Waals surface area (Å²) in [6, 6.07) is 0. The summed E-state index contributed by atoms with van der Waals surface area (Å²) in [5, 5.41) is 19.2. The highest BCUT2D eigenvalue weighted by Crippen LogP contribution is 2.44. The molecule has 1 aliphatic carbocycles. The number of aliphatic hydroxyl groups is 1. The molecule has 1 unspecified atom stereocenters. The molecule has 6 nitrogen and oxygen atoms in total. The van der Waals surface area contributed by atoms with Crippen molar-refractivity contribution in [2.24, 2.45) is 11.3 Å². The van der Waals surface area contributed by atoms with Crippen LogP contribution >= 0.6 is 0 Å². The Hall–Kier alpha value is -0.950. The van der Waals surface area contributed by atoms with Gasteiger partial charge in [0, 0.05) is 6.54 Å². The molecular formula is C16H27N3O3S. The summed E-state index contributed by atoms with van der Waals surface area (Å²) in [7, 11) is -2.90. The van der Waals surface area contributed by atoms with Crippen molar-refractivity contribution in [2.45, 2.75) is 64.5 Å². The smallest absolute Gasteiger partial charge is 0.150 e. The second kappa shape index (κ2) is 5.84. The Morgan fingerprint density at radius 3 is 2.65 bits per heavy atom. The molecule has 0 radical (unpaired) electrons. The van der Waals surface area contributed by atoms with E-state index in [9.17, 15) is 13.5 Å². The first kappa shape index (κ1) is 16.9. The van der Waals surface area contributed by atoms with Crippen LogP contribution < -0.4 is 0 Å². The monoisotopic (exact) mass is 341 g/mol. The Labute approximate surface area is 138 Å². The first-order valence-electron chi connectivity index (χ1n) is 8.51. The van der Waals surface area contributed by atoms with Crippen molar-refractivity contribution in [1.82, 2.24) is 15.0 Å². The van der Waals surface area contributed by atoms with Gasteiger partial charge in [0.2, 0.25) is 0 Å². The zero-order chi connectivity index (χ0) is 16.7. The Balaban J connectivity index is 1.66. The average molecular weight is 341 g/mol. The summed E-state index contributed by atoms with van der Waals surface area (Å²) in [5.41, 5.74) is 0.0251. The van der Waals surface area contributed by atoms with Gasteiger partial charge in [-0.1, -0.05) is 19.1 Å². The van der Waals surface area contributed by atoms with Gasteiger partial charge in [-0.25, -0.2) is 8.42 Å². The number of rotatable bonds is 3. The molecule has 1 atom stereocenters. The van der Waals surface area contributed by atoms with Crippen molar-refractivity contribution in [3.8, 4) is 0 Å². The molecule has 1 aliphatic heterocycles. The highest BCUT2D eigenvalue weighted by molar-refractivity contribution is 7.91. The van der Waals surface area contributed by atoms with Crippen LogP contribution in [-0.2, 0) is 22.0 Å². The SMILES string of the molecule is CC1(C)CCC(O)(c2cn(CC3CCCS(=O)(=O)C3)nn2)CC1. The molecule has 1 saturated carbocycles. The first-order valence-corrected chi connectivity index (χ1v) is 10.3. The van der Waals surface area contributed by atoms with Gasteiger partial charge in [0.05, 0.1) is 17.7 Å². The molecule has 7 heteroatoms. The third-order valence-electron chi connectivity index (χ3n) is 5.45. The van der Waals surface area contributed by atoms with Gasteiger partial charge < -0.3 is 5.11 Å². The minimum Gasteiger partial charge on any atom is -0.383 e. The maximum Gasteiger partial charge on any atom is 0.150 e. The van der Waals surface area contributed by atoms with Gasteiger partial charge in [0.25, 0.3) is 0 Å². The lowest BCUT2D eigenvalue weighted by atomic mass is 9.70. The summed E-state index contributed by atoms with van der Waals surface area (Å²) in [6.07, 6.45) is 6.79. The lowest BCUT2D eigenvalue weighted by Crippen LogP contribution is -2.35. The number of nitrogens with zero attached hydrogens (tertiary/aromatic N) is 3. The summed E-state index contributed by atoms with van der Waals surface area (Å²) >= 11 is 0. The molecular weight excluding hydrogens is 314 g/mol. The average Bonchev–Trinajstić information content (AvgIpc) is 2.91. The van der Waals surface area contributed by atoms with Crippen LogP contribution in [0.5, 0.6) is 0 Å². The van der Waals surface area contributed by atoms with E-state index in [0.29, 0.717) is 30.8 Å². The summed E-state index contributed by atoms with van der Waals surface area (Å²) in [6.45, 7) is 5.02. The van der Waals surface area contributed by atoms with Crippen molar-refractivity contribution in [1.29, 1.82) is 0 Å². The van der Waals surface area contributed by atoms with E-state index >= 15 is 0 Å². The first-order chi connectivity index (χ1) is 10.7. The molecule has 1 N–H and O–H groups in total. The van der Waals surface area contributed by atoms with E-state index in [1.807, 2.05) is 0 Å². The van der Waals surface area contributed by atoms with Gasteiger partial charge in [-0.15, -0.1) is 5.10 Å². The molecule has 1 saturated heterocycles. The number of aromatic nitrogens is 3. The van der Waals surface area contributed by atoms with Crippen LogP contribution in [0.3, 0.4) is 0 Å². The summed E-state index contributed by atoms with van der Waals surface area (Å²) in [5.74, 6) is 0.644. The molecule has 0 spiro atoms. The Bertz CT molecular complexity index is 656. The zero-order valence-corrected chi connectivity index (χ0v) is 14.8. The van der Waals surface area contributed by atoms with E-state index < -0.39 is 15.4 Å². The van der Waals surface area contributed by atoms with Gasteiger partial charge in [-0.05, 0) is 49.9 Å². The van der Waals surface area contributed by atoms with Gasteiger partial charge in [0.15, 0.2) is 9.84 Å². The fourth-order valence-electron chi connectivity index (χ4n) is 3.72. The Kier molecular flexibility index (Phi) is 4.29. The van der Waals surface area contributed by atoms with E-state index in [1.165, 1.54) is 0 Å². The Morgan fingerprint density at radius 1 is 1.30 bits per heavy atom. The second-order valence-electron chi connectivity index (χ2n) is 8.14. The maximum absolute atomic E-state index is 11.7. The highest BCUT2D eigenvalue weighted by Gasteiger charge is 2.40. The third kappa shape index (κ3) is 3.94. The normalized spacial score (nSPS) is 29.3. The third-order valence-corrected chi connectivity index (χ3v) is 7.34. The molecule has 23 heavy (non-hydrogen) atoms. The lowest BCUT2D eigenvalue weighted by molar-refractivity contribution is -0.0340. The minimum atomic E-state index is -2.90. The quantitative estimate of drug-likeness (QED) is 0.907. The van der Waals surface area contributed by atoms with Crippen LogP contribution in [0.1, 0.15) is 58.1 Å². The van der Waals surface area contributed by atoms with E-state index in [-0.39, 0.29) is 17.1 Å². The fourth-order valence-corrected chi connectivity index (χ4v) is 5.49. The van der Waals surface area contributed by atoms with Crippen molar-refractivity contribution in [2.75, 3.05) is 11.5 Å². The largest absolute Gasteiger partial charge is 0.383 e. The Morgan fingerprint density at radius 2 is 2.00 bits per heavy atom. The number of hydrogen-bond acceptors (Lipinski definition) is 5. The van der Waals surface area contributed by atoms with Crippen LogP contribution in [0.4, 0.5) is 0 Å². The molecule has 1 aromatic rings. The molecule has 2 heterocycles. The van der Waals surface area contributed by atoms with E-state index in [1.54, 1.807) is 10.9 Å². The van der Waals surface area contributed by atoms with Crippen molar-refractivity contribution >= 4 is 9.84 Å². The topological polar surface area (TPSA) is 85.1 Å². The van der Waals surface area contributed by atoms with Gasteiger partial charge in [-0.2, -0.15) is 0 Å². The molecule has 0 amide bonds. The standard InChI is InChI=1S/C16H27N3O3S/c1-15(2)5-7-16(20,8-6-15)14-11-19(18-17-14)10-13-4-3-9-23(21,22)12-13/h11,13,20H,3-10,12H2,1-2H3. The molecule has 0 bridgehead atoms. The zero-order valence-electron chi connectivity index (χ0n) is 14.0. The van der Waals surface area contributed by atoms with Gasteiger partial charge in [0.1, 0.15) is 11.3 Å². The molecule has 0 aromatic carbocycles. The van der Waals surface area contributed by atoms with Crippen molar-refractivity contribution < 1.29 is 13.5 Å². The van der Waals surface area contributed by atoms with Crippen LogP contribution in [0.15, 0.2) is 6.20 Å². The predicted octanol–water partition coefficient (Wildman–Crippen LogP) is 1.89. The van der Waals surface area contributed by atoms with Crippen molar-refractivity contribution in [3.05, 3.63) is 11.9 Å². The number of sulfone groups is 1. The second-order valence-corrected chi connectivity index (χ2v) is 10.4. The fraction of sp³-hybridized carbons (Fsp3) is 0.875. The molecule has 1 aromatic heterocycles. The molecule has 3 rings (SSSR count). The van der Waals surface area contributed by atoms with Crippen molar-refractivity contribution in [3.63, 3.8) is 0 Å². The van der Waals surface area contributed by atoms with Crippen LogP contribution in [0, 0.1) is 11.3 Å². The van der Waals surface area contributed by atoms with Crippen LogP contribution in [-0.4, -0.2) is 40.0 Å². The number of hydrogen-bond donors (Lipinski definition) is 1. The lowest BCUT2D eigenvalue weighted by Gasteiger charge is -2.39. The predicted molar refractivity (Wildman–Crippen MR) is 87.5 cm³/mol. The van der Waals surface area contributed by atoms with E-state index in [2.05, 4.69) is 24.2 Å². The van der Waals surface area contributed by atoms with Gasteiger partial charge in [-0.3, -0.25) is 4.68 Å². The van der Waals surface area contributed by atoms with Crippen LogP contribution in [0.25, 0.3) is 0 Å². The van der Waals surface area contributed by atoms with Crippen LogP contribution in [0.2, 0.25) is 0 Å². The maximum atomic E-state index is 11.7. The summed E-state index contributed by atoms with van der Waals surface area (Å²) in [4.78, 5) is 0. The highest BCUT2D eigenvalue weighted by atomic mass is 32.2. The van der Waals surface area contributed by atoms with Gasteiger partial charge >= 0.3 is 0 Å². The summed E-state index contributed by atoms with van der Waals surface area (Å²) < 4.78 is 25.2. The van der Waals surface area contributed by atoms with E-state index in [4.69, 9.17) is 0 Å². The molecule has 2 fully saturated rings.